The number of piperidine rings is 1. The number of amides is 1. The fourth-order valence-electron chi connectivity index (χ4n) is 4.84. The van der Waals surface area contributed by atoms with Crippen LogP contribution in [0.25, 0.3) is 5.57 Å². The van der Waals surface area contributed by atoms with Gasteiger partial charge in [-0.25, -0.2) is 0 Å². The lowest BCUT2D eigenvalue weighted by Crippen LogP contribution is -2.56. The number of ether oxygens (including phenoxy) is 1. The van der Waals surface area contributed by atoms with E-state index in [0.717, 1.165) is 51.9 Å². The number of halogens is 3. The third kappa shape index (κ3) is 8.48. The van der Waals surface area contributed by atoms with Crippen LogP contribution in [0.1, 0.15) is 45.6 Å². The number of benzene rings is 1. The van der Waals surface area contributed by atoms with Crippen molar-refractivity contribution in [3.8, 4) is 5.75 Å². The molecule has 1 aromatic rings. The zero-order valence-electron chi connectivity index (χ0n) is 21.9. The molecule has 2 fully saturated rings. The highest BCUT2D eigenvalue weighted by atomic mass is 19.4. The van der Waals surface area contributed by atoms with Crippen molar-refractivity contribution in [2.75, 3.05) is 44.6 Å². The maximum absolute atomic E-state index is 13.3. The summed E-state index contributed by atoms with van der Waals surface area (Å²) in [6.07, 6.45) is 3.23. The molecule has 10 heteroatoms. The van der Waals surface area contributed by atoms with Crippen molar-refractivity contribution in [1.29, 1.82) is 0 Å². The first kappa shape index (κ1) is 29.0. The average molecular weight is 525 g/mol. The maximum atomic E-state index is 13.3. The minimum absolute atomic E-state index is 0.181. The van der Waals surface area contributed by atoms with Crippen LogP contribution >= 0.6 is 0 Å². The number of hydrogen-bond acceptors (Lipinski definition) is 6. The molecular formula is C27H39F3N4O3. The molecule has 7 nitrogen and oxygen atoms in total. The van der Waals surface area contributed by atoms with Gasteiger partial charge in [0.25, 0.3) is 0 Å². The number of likely N-dealkylation sites (tertiary alicyclic amines) is 1. The fourth-order valence-corrected chi connectivity index (χ4v) is 4.84. The number of nitrogens with one attached hydrogen (secondary N) is 1. The highest BCUT2D eigenvalue weighted by Crippen LogP contribution is 2.35. The van der Waals surface area contributed by atoms with Crippen molar-refractivity contribution in [3.63, 3.8) is 0 Å². The van der Waals surface area contributed by atoms with E-state index in [1.165, 1.54) is 6.07 Å². The molecule has 2 N–H and O–H groups in total. The van der Waals surface area contributed by atoms with Gasteiger partial charge in [-0.15, -0.1) is 13.2 Å². The standard InChI is InChI=1S/C27H39F3N4O3/c1-4-6-21(17-20(3)5-2)24-8-7-22(18-25(24)37-27(28,29)30)31-26(36)34-15-13-33(14-16-34)23-9-11-32(19-35)12-10-23/h4,6-8,17-20,23,26,31,36H,5,9-16H2,1-3H3/b6-4-,21-17+. The molecule has 2 unspecified atom stereocenters. The maximum Gasteiger partial charge on any atom is 0.573 e. The number of carbonyl (C=O) groups excluding carboxylic acids is 1. The van der Waals surface area contributed by atoms with E-state index in [1.54, 1.807) is 29.2 Å². The second-order valence-electron chi connectivity index (χ2n) is 9.73. The molecule has 0 bridgehead atoms. The molecule has 0 aliphatic carbocycles. The first-order valence-corrected chi connectivity index (χ1v) is 13.0. The molecule has 2 aliphatic rings. The van der Waals surface area contributed by atoms with E-state index < -0.39 is 12.7 Å². The quantitative estimate of drug-likeness (QED) is 0.267. The molecule has 2 aliphatic heterocycles. The Morgan fingerprint density at radius 2 is 1.86 bits per heavy atom. The van der Waals surface area contributed by atoms with Gasteiger partial charge < -0.3 is 20.1 Å². The summed E-state index contributed by atoms with van der Waals surface area (Å²) in [5.41, 5.74) is 1.32. The van der Waals surface area contributed by atoms with E-state index >= 15 is 0 Å². The topological polar surface area (TPSA) is 68.3 Å². The molecule has 0 spiro atoms. The van der Waals surface area contributed by atoms with Crippen molar-refractivity contribution in [1.82, 2.24) is 14.7 Å². The molecule has 3 rings (SSSR count). The smallest absolute Gasteiger partial charge is 0.405 e. The summed E-state index contributed by atoms with van der Waals surface area (Å²) in [7, 11) is 0. The normalized spacial score (nSPS) is 20.7. The molecule has 37 heavy (non-hydrogen) atoms. The number of piperazine rings is 1. The Bertz CT molecular complexity index is 937. The average Bonchev–Trinajstić information content (AvgIpc) is 2.88. The Kier molecular flexibility index (Phi) is 10.4. The zero-order valence-corrected chi connectivity index (χ0v) is 21.9. The predicted molar refractivity (Wildman–Crippen MR) is 139 cm³/mol. The summed E-state index contributed by atoms with van der Waals surface area (Å²) in [6.45, 7) is 10.2. The Morgan fingerprint density at radius 1 is 1.19 bits per heavy atom. The summed E-state index contributed by atoms with van der Waals surface area (Å²) in [4.78, 5) is 17.0. The third-order valence-electron chi connectivity index (χ3n) is 7.13. The Hall–Kier alpha value is -2.56. The molecule has 0 radical (unpaired) electrons. The van der Waals surface area contributed by atoms with Crippen LogP contribution in [0.2, 0.25) is 0 Å². The van der Waals surface area contributed by atoms with Crippen molar-refractivity contribution < 1.29 is 27.8 Å². The van der Waals surface area contributed by atoms with Crippen molar-refractivity contribution in [3.05, 3.63) is 42.0 Å². The van der Waals surface area contributed by atoms with Gasteiger partial charge in [0, 0.05) is 62.6 Å². The number of aliphatic hydroxyl groups excluding tert-OH is 1. The lowest BCUT2D eigenvalue weighted by molar-refractivity contribution is -0.274. The van der Waals surface area contributed by atoms with Crippen LogP contribution in [0, 0.1) is 5.92 Å². The minimum atomic E-state index is -4.85. The first-order chi connectivity index (χ1) is 17.6. The van der Waals surface area contributed by atoms with Crippen LogP contribution in [0.3, 0.4) is 0 Å². The number of nitrogens with zero attached hydrogens (tertiary/aromatic N) is 3. The molecule has 1 amide bonds. The SMILES string of the molecule is C/C=C\C(=C/C(C)CC)c1ccc(NC(O)N2CCN(C3CCN(C=O)CC3)CC2)cc1OC(F)(F)F. The van der Waals surface area contributed by atoms with Gasteiger partial charge in [0.2, 0.25) is 6.41 Å². The number of aliphatic hydroxyl groups is 1. The van der Waals surface area contributed by atoms with Gasteiger partial charge in [-0.2, -0.15) is 0 Å². The predicted octanol–water partition coefficient (Wildman–Crippen LogP) is 4.52. The van der Waals surface area contributed by atoms with Crippen LogP contribution in [-0.4, -0.2) is 84.2 Å². The van der Waals surface area contributed by atoms with Crippen LogP contribution < -0.4 is 10.1 Å². The Morgan fingerprint density at radius 3 is 2.43 bits per heavy atom. The van der Waals surface area contributed by atoms with Gasteiger partial charge in [-0.3, -0.25) is 14.6 Å². The highest BCUT2D eigenvalue weighted by Gasteiger charge is 2.33. The number of anilines is 1. The van der Waals surface area contributed by atoms with Crippen LogP contribution in [0.4, 0.5) is 18.9 Å². The highest BCUT2D eigenvalue weighted by molar-refractivity contribution is 5.79. The van der Waals surface area contributed by atoms with Gasteiger partial charge in [-0.05, 0) is 43.4 Å². The first-order valence-electron chi connectivity index (χ1n) is 13.0. The molecule has 206 valence electrons. The van der Waals surface area contributed by atoms with Gasteiger partial charge in [-0.1, -0.05) is 38.5 Å². The molecule has 0 saturated carbocycles. The molecule has 0 aromatic heterocycles. The summed E-state index contributed by atoms with van der Waals surface area (Å²) in [5, 5.41) is 13.7. The van der Waals surface area contributed by atoms with Crippen molar-refractivity contribution in [2.24, 2.45) is 5.92 Å². The van der Waals surface area contributed by atoms with Gasteiger partial charge in [0.1, 0.15) is 5.75 Å². The Labute approximate surface area is 217 Å². The number of rotatable bonds is 10. The van der Waals surface area contributed by atoms with E-state index in [1.807, 2.05) is 31.7 Å². The molecular weight excluding hydrogens is 485 g/mol. The largest absolute Gasteiger partial charge is 0.573 e. The fraction of sp³-hybridized carbons (Fsp3) is 0.593. The van der Waals surface area contributed by atoms with Crippen molar-refractivity contribution >= 4 is 17.7 Å². The van der Waals surface area contributed by atoms with Crippen molar-refractivity contribution in [2.45, 2.75) is 58.8 Å². The number of hydrogen-bond donors (Lipinski definition) is 2. The number of allylic oxidation sites excluding steroid dienone is 4. The van der Waals surface area contributed by atoms with Gasteiger partial charge >= 0.3 is 6.36 Å². The minimum Gasteiger partial charge on any atom is -0.405 e. The van der Waals surface area contributed by atoms with Crippen LogP contribution in [0.15, 0.2) is 36.4 Å². The number of alkyl halides is 3. The second kappa shape index (κ2) is 13.3. The second-order valence-corrected chi connectivity index (χ2v) is 9.73. The number of carbonyl (C=O) groups is 1. The summed E-state index contributed by atoms with van der Waals surface area (Å²) in [5.74, 6) is -0.135. The summed E-state index contributed by atoms with van der Waals surface area (Å²) in [6, 6.07) is 4.96. The lowest BCUT2D eigenvalue weighted by atomic mass is 9.98. The van der Waals surface area contributed by atoms with E-state index in [2.05, 4.69) is 15.0 Å². The van der Waals surface area contributed by atoms with E-state index in [0.29, 0.717) is 36.0 Å². The molecule has 2 heterocycles. The zero-order chi connectivity index (χ0) is 27.0. The molecule has 2 saturated heterocycles. The Balaban J connectivity index is 1.68. The van der Waals surface area contributed by atoms with E-state index in [9.17, 15) is 23.1 Å². The van der Waals surface area contributed by atoms with E-state index in [-0.39, 0.29) is 11.7 Å². The van der Waals surface area contributed by atoms with E-state index in [4.69, 9.17) is 0 Å². The van der Waals surface area contributed by atoms with Crippen LogP contribution in [0.5, 0.6) is 5.75 Å². The summed E-state index contributed by atoms with van der Waals surface area (Å²) >= 11 is 0. The van der Waals surface area contributed by atoms with Gasteiger partial charge in [0.15, 0.2) is 6.35 Å². The lowest BCUT2D eigenvalue weighted by Gasteiger charge is -2.43. The summed E-state index contributed by atoms with van der Waals surface area (Å²) < 4.78 is 44.2. The molecule has 1 aromatic carbocycles. The van der Waals surface area contributed by atoms with Gasteiger partial charge in [0.05, 0.1) is 0 Å². The monoisotopic (exact) mass is 524 g/mol. The molecule has 2 atom stereocenters. The third-order valence-corrected chi connectivity index (χ3v) is 7.13. The van der Waals surface area contributed by atoms with Crippen LogP contribution in [-0.2, 0) is 4.79 Å².